The van der Waals surface area contributed by atoms with Crippen LogP contribution in [-0.2, 0) is 9.84 Å². The van der Waals surface area contributed by atoms with Crippen molar-refractivity contribution in [2.45, 2.75) is 12.5 Å². The Balaban J connectivity index is 2.03. The van der Waals surface area contributed by atoms with Crippen LogP contribution >= 0.6 is 0 Å². The topological polar surface area (TPSA) is 49.4 Å². The third-order valence-electron chi connectivity index (χ3n) is 2.35. The third-order valence-corrected chi connectivity index (χ3v) is 3.39. The third kappa shape index (κ3) is 4.06. The number of sulfone groups is 1. The van der Waals surface area contributed by atoms with Crippen LogP contribution in [0.5, 0.6) is 0 Å². The number of likely N-dealkylation sites (N-methyl/N-ethyl adjacent to an activating group) is 1. The van der Waals surface area contributed by atoms with Crippen molar-refractivity contribution in [1.29, 1.82) is 0 Å². The lowest BCUT2D eigenvalue weighted by molar-refractivity contribution is 0.132. The standard InChI is InChI=1S/C8H18N2O2S/c1-9-8-6-10(7-8)4-3-5-13(2,11)12/h8-9H,3-7H2,1-2H3. The first kappa shape index (κ1) is 10.9. The smallest absolute Gasteiger partial charge is 0.147 e. The molecular formula is C8H18N2O2S. The Kier molecular flexibility index (Phi) is 3.70. The molecule has 0 aromatic rings. The van der Waals surface area contributed by atoms with E-state index in [1.54, 1.807) is 0 Å². The lowest BCUT2D eigenvalue weighted by Gasteiger charge is -2.39. The van der Waals surface area contributed by atoms with Crippen LogP contribution in [0.25, 0.3) is 0 Å². The van der Waals surface area contributed by atoms with Gasteiger partial charge in [0.2, 0.25) is 0 Å². The average Bonchev–Trinajstić information content (AvgIpc) is 1.91. The molecule has 1 saturated heterocycles. The molecule has 1 N–H and O–H groups in total. The summed E-state index contributed by atoms with van der Waals surface area (Å²) in [6, 6.07) is 0.609. The molecule has 0 aromatic heterocycles. The van der Waals surface area contributed by atoms with Crippen molar-refractivity contribution in [3.8, 4) is 0 Å². The highest BCUT2D eigenvalue weighted by Crippen LogP contribution is 2.07. The van der Waals surface area contributed by atoms with E-state index in [-0.39, 0.29) is 0 Å². The maximum atomic E-state index is 10.8. The van der Waals surface area contributed by atoms with E-state index in [9.17, 15) is 8.42 Å². The van der Waals surface area contributed by atoms with Crippen LogP contribution in [0.3, 0.4) is 0 Å². The van der Waals surface area contributed by atoms with E-state index in [0.29, 0.717) is 11.8 Å². The van der Waals surface area contributed by atoms with Gasteiger partial charge < -0.3 is 10.2 Å². The summed E-state index contributed by atoms with van der Waals surface area (Å²) in [7, 11) is -0.808. The van der Waals surface area contributed by atoms with Crippen LogP contribution in [0.1, 0.15) is 6.42 Å². The van der Waals surface area contributed by atoms with Gasteiger partial charge in [0.15, 0.2) is 0 Å². The lowest BCUT2D eigenvalue weighted by atomic mass is 10.1. The molecule has 0 bridgehead atoms. The molecule has 0 atom stereocenters. The van der Waals surface area contributed by atoms with Gasteiger partial charge in [-0.15, -0.1) is 0 Å². The molecular weight excluding hydrogens is 188 g/mol. The molecule has 1 aliphatic rings. The van der Waals surface area contributed by atoms with Gasteiger partial charge in [0.05, 0.1) is 5.75 Å². The average molecular weight is 206 g/mol. The summed E-state index contributed by atoms with van der Waals surface area (Å²) in [6.07, 6.45) is 2.05. The van der Waals surface area contributed by atoms with E-state index < -0.39 is 9.84 Å². The van der Waals surface area contributed by atoms with Gasteiger partial charge in [0, 0.05) is 25.4 Å². The molecule has 78 valence electrons. The molecule has 0 unspecified atom stereocenters. The molecule has 1 rings (SSSR count). The van der Waals surface area contributed by atoms with E-state index in [1.807, 2.05) is 7.05 Å². The molecule has 0 amide bonds. The van der Waals surface area contributed by atoms with Crippen molar-refractivity contribution in [3.63, 3.8) is 0 Å². The van der Waals surface area contributed by atoms with Gasteiger partial charge in [-0.3, -0.25) is 0 Å². The maximum Gasteiger partial charge on any atom is 0.147 e. The highest BCUT2D eigenvalue weighted by molar-refractivity contribution is 7.90. The summed E-state index contributed by atoms with van der Waals surface area (Å²) in [4.78, 5) is 2.27. The Hall–Kier alpha value is -0.130. The first-order valence-electron chi connectivity index (χ1n) is 4.58. The summed E-state index contributed by atoms with van der Waals surface area (Å²) < 4.78 is 21.6. The fourth-order valence-electron chi connectivity index (χ4n) is 1.49. The van der Waals surface area contributed by atoms with Crippen LogP contribution in [0, 0.1) is 0 Å². The zero-order valence-electron chi connectivity index (χ0n) is 8.28. The van der Waals surface area contributed by atoms with Crippen molar-refractivity contribution in [2.24, 2.45) is 0 Å². The first-order valence-corrected chi connectivity index (χ1v) is 6.64. The second-order valence-corrected chi connectivity index (χ2v) is 5.99. The summed E-state index contributed by atoms with van der Waals surface area (Å²) in [5.41, 5.74) is 0. The van der Waals surface area contributed by atoms with E-state index in [2.05, 4.69) is 10.2 Å². The van der Waals surface area contributed by atoms with Crippen molar-refractivity contribution >= 4 is 9.84 Å². The Morgan fingerprint density at radius 2 is 2.08 bits per heavy atom. The fourth-order valence-corrected chi connectivity index (χ4v) is 2.14. The fraction of sp³-hybridized carbons (Fsp3) is 1.00. The van der Waals surface area contributed by atoms with Crippen molar-refractivity contribution < 1.29 is 8.42 Å². The second kappa shape index (κ2) is 4.39. The Bertz CT molecular complexity index is 245. The van der Waals surface area contributed by atoms with Gasteiger partial charge in [-0.25, -0.2) is 8.42 Å². The van der Waals surface area contributed by atoms with Gasteiger partial charge in [-0.1, -0.05) is 0 Å². The van der Waals surface area contributed by atoms with E-state index >= 15 is 0 Å². The molecule has 1 aliphatic heterocycles. The molecule has 0 aromatic carbocycles. The molecule has 1 heterocycles. The molecule has 4 nitrogen and oxygen atoms in total. The minimum absolute atomic E-state index is 0.313. The zero-order chi connectivity index (χ0) is 9.90. The SMILES string of the molecule is CNC1CN(CCCS(C)(=O)=O)C1. The molecule has 13 heavy (non-hydrogen) atoms. The Morgan fingerprint density at radius 3 is 2.54 bits per heavy atom. The van der Waals surface area contributed by atoms with Crippen LogP contribution in [0.15, 0.2) is 0 Å². The molecule has 0 spiro atoms. The Labute approximate surface area is 80.2 Å². The quantitative estimate of drug-likeness (QED) is 0.648. The van der Waals surface area contributed by atoms with Crippen molar-refractivity contribution in [3.05, 3.63) is 0 Å². The molecule has 0 aliphatic carbocycles. The van der Waals surface area contributed by atoms with Gasteiger partial charge in [0.1, 0.15) is 9.84 Å². The van der Waals surface area contributed by atoms with Crippen LogP contribution in [-0.4, -0.2) is 58.1 Å². The second-order valence-electron chi connectivity index (χ2n) is 3.73. The Morgan fingerprint density at radius 1 is 1.46 bits per heavy atom. The van der Waals surface area contributed by atoms with Crippen LogP contribution in [0.2, 0.25) is 0 Å². The predicted molar refractivity (Wildman–Crippen MR) is 53.6 cm³/mol. The van der Waals surface area contributed by atoms with Gasteiger partial charge in [-0.2, -0.15) is 0 Å². The first-order chi connectivity index (χ1) is 6.01. The molecule has 5 heteroatoms. The molecule has 0 radical (unpaired) electrons. The molecule has 0 saturated carbocycles. The minimum Gasteiger partial charge on any atom is -0.315 e. The number of nitrogens with one attached hydrogen (secondary N) is 1. The normalized spacial score (nSPS) is 20.2. The van der Waals surface area contributed by atoms with E-state index in [1.165, 1.54) is 6.26 Å². The molecule has 1 fully saturated rings. The number of nitrogens with zero attached hydrogens (tertiary/aromatic N) is 1. The largest absolute Gasteiger partial charge is 0.315 e. The highest BCUT2D eigenvalue weighted by Gasteiger charge is 2.24. The monoisotopic (exact) mass is 206 g/mol. The van der Waals surface area contributed by atoms with Crippen molar-refractivity contribution in [2.75, 3.05) is 38.7 Å². The maximum absolute atomic E-state index is 10.8. The van der Waals surface area contributed by atoms with Gasteiger partial charge in [0.25, 0.3) is 0 Å². The predicted octanol–water partition coefficient (Wildman–Crippen LogP) is -0.675. The van der Waals surface area contributed by atoms with E-state index in [0.717, 1.165) is 26.1 Å². The highest BCUT2D eigenvalue weighted by atomic mass is 32.2. The van der Waals surface area contributed by atoms with Gasteiger partial charge in [-0.05, 0) is 20.0 Å². The lowest BCUT2D eigenvalue weighted by Crippen LogP contribution is -2.57. The summed E-state index contributed by atoms with van der Waals surface area (Å²) in [6.45, 7) is 3.02. The number of hydrogen-bond donors (Lipinski definition) is 1. The van der Waals surface area contributed by atoms with Gasteiger partial charge >= 0.3 is 0 Å². The number of rotatable bonds is 5. The van der Waals surface area contributed by atoms with Crippen LogP contribution in [0.4, 0.5) is 0 Å². The summed E-state index contributed by atoms with van der Waals surface area (Å²) >= 11 is 0. The number of likely N-dealkylation sites (tertiary alicyclic amines) is 1. The van der Waals surface area contributed by atoms with Crippen molar-refractivity contribution in [1.82, 2.24) is 10.2 Å². The van der Waals surface area contributed by atoms with Crippen LogP contribution < -0.4 is 5.32 Å². The zero-order valence-corrected chi connectivity index (χ0v) is 9.10. The number of hydrogen-bond acceptors (Lipinski definition) is 4. The van der Waals surface area contributed by atoms with E-state index in [4.69, 9.17) is 0 Å². The summed E-state index contributed by atoms with van der Waals surface area (Å²) in [5, 5.41) is 3.18. The minimum atomic E-state index is -2.77. The summed E-state index contributed by atoms with van der Waals surface area (Å²) in [5.74, 6) is 0.313.